The highest BCUT2D eigenvalue weighted by Crippen LogP contribution is 2.51. The van der Waals surface area contributed by atoms with E-state index in [4.69, 9.17) is 0 Å². The number of fused-ring (bicyclic) bond motifs is 1. The Kier molecular flexibility index (Phi) is 5.38. The van der Waals surface area contributed by atoms with Crippen molar-refractivity contribution in [3.63, 3.8) is 0 Å². The number of aliphatic hydroxyl groups is 1. The standard InChI is InChI=1S/C26H32N2O2/c29-25(26(30,21-13-7-8-14-21)20-11-5-2-6-12-20)27-15-22-23-17-28(18-24(22)23)16-19-9-3-1-4-10-19/h1-6,9-12,21-24,30H,7-8,13-18H2,(H,27,29). The van der Waals surface area contributed by atoms with E-state index in [-0.39, 0.29) is 11.8 Å². The highest BCUT2D eigenvalue weighted by molar-refractivity contribution is 5.86. The molecule has 5 rings (SSSR count). The average Bonchev–Trinajstić information content (AvgIpc) is 3.17. The molecule has 4 nitrogen and oxygen atoms in total. The third-order valence-corrected chi connectivity index (χ3v) is 7.70. The number of rotatable bonds is 7. The molecule has 1 amide bonds. The topological polar surface area (TPSA) is 52.6 Å². The van der Waals surface area contributed by atoms with Gasteiger partial charge in [0.1, 0.15) is 0 Å². The Morgan fingerprint density at radius 2 is 1.57 bits per heavy atom. The van der Waals surface area contributed by atoms with Crippen molar-refractivity contribution < 1.29 is 9.90 Å². The normalized spacial score (nSPS) is 28.1. The lowest BCUT2D eigenvalue weighted by Gasteiger charge is -2.33. The number of amides is 1. The highest BCUT2D eigenvalue weighted by atomic mass is 16.3. The molecular weight excluding hydrogens is 372 g/mol. The first-order valence-corrected chi connectivity index (χ1v) is 11.5. The summed E-state index contributed by atoms with van der Waals surface area (Å²) in [4.78, 5) is 15.8. The molecule has 0 aromatic heterocycles. The maximum atomic E-state index is 13.2. The molecule has 1 heterocycles. The fourth-order valence-electron chi connectivity index (χ4n) is 5.94. The number of carbonyl (C=O) groups is 1. The van der Waals surface area contributed by atoms with E-state index < -0.39 is 5.60 Å². The van der Waals surface area contributed by atoms with Crippen molar-refractivity contribution in [3.8, 4) is 0 Å². The van der Waals surface area contributed by atoms with Gasteiger partial charge in [-0.3, -0.25) is 9.69 Å². The summed E-state index contributed by atoms with van der Waals surface area (Å²) in [6.45, 7) is 3.94. The number of hydrogen-bond donors (Lipinski definition) is 2. The van der Waals surface area contributed by atoms with E-state index in [0.717, 1.165) is 50.9 Å². The molecule has 2 aromatic rings. The summed E-state index contributed by atoms with van der Waals surface area (Å²) < 4.78 is 0. The average molecular weight is 405 g/mol. The Balaban J connectivity index is 1.17. The zero-order valence-electron chi connectivity index (χ0n) is 17.5. The number of nitrogens with zero attached hydrogens (tertiary/aromatic N) is 1. The van der Waals surface area contributed by atoms with E-state index in [1.807, 2.05) is 30.3 Å². The van der Waals surface area contributed by atoms with Gasteiger partial charge in [-0.2, -0.15) is 0 Å². The lowest BCUT2D eigenvalue weighted by Crippen LogP contribution is -2.49. The first-order chi connectivity index (χ1) is 14.7. The van der Waals surface area contributed by atoms with Crippen LogP contribution in [0.15, 0.2) is 60.7 Å². The molecule has 0 spiro atoms. The van der Waals surface area contributed by atoms with Crippen LogP contribution in [0.3, 0.4) is 0 Å². The van der Waals surface area contributed by atoms with Crippen molar-refractivity contribution in [3.05, 3.63) is 71.8 Å². The van der Waals surface area contributed by atoms with Crippen LogP contribution in [0.4, 0.5) is 0 Å². The van der Waals surface area contributed by atoms with Crippen molar-refractivity contribution in [2.75, 3.05) is 19.6 Å². The quantitative estimate of drug-likeness (QED) is 0.742. The van der Waals surface area contributed by atoms with E-state index in [9.17, 15) is 9.90 Å². The van der Waals surface area contributed by atoms with Crippen molar-refractivity contribution in [2.24, 2.45) is 23.7 Å². The molecule has 0 radical (unpaired) electrons. The second-order valence-electron chi connectivity index (χ2n) is 9.50. The summed E-state index contributed by atoms with van der Waals surface area (Å²) in [6.07, 6.45) is 4.03. The summed E-state index contributed by atoms with van der Waals surface area (Å²) >= 11 is 0. The van der Waals surface area contributed by atoms with Crippen LogP contribution in [0.1, 0.15) is 36.8 Å². The van der Waals surface area contributed by atoms with Gasteiger partial charge in [0.2, 0.25) is 0 Å². The number of piperidine rings is 1. The third-order valence-electron chi connectivity index (χ3n) is 7.70. The molecule has 2 N–H and O–H groups in total. The van der Waals surface area contributed by atoms with Crippen molar-refractivity contribution in [1.29, 1.82) is 0 Å². The molecule has 30 heavy (non-hydrogen) atoms. The maximum Gasteiger partial charge on any atom is 0.256 e. The minimum Gasteiger partial charge on any atom is -0.375 e. The fraction of sp³-hybridized carbons (Fsp3) is 0.500. The molecule has 4 heteroatoms. The van der Waals surface area contributed by atoms with Gasteiger partial charge in [0.15, 0.2) is 5.60 Å². The Labute approximate surface area is 179 Å². The second kappa shape index (κ2) is 8.16. The molecule has 2 aromatic carbocycles. The largest absolute Gasteiger partial charge is 0.375 e. The van der Waals surface area contributed by atoms with Crippen LogP contribution in [0, 0.1) is 23.7 Å². The lowest BCUT2D eigenvalue weighted by atomic mass is 9.79. The number of nitrogens with one attached hydrogen (secondary N) is 1. The lowest BCUT2D eigenvalue weighted by molar-refractivity contribution is -0.147. The summed E-state index contributed by atoms with van der Waals surface area (Å²) in [7, 11) is 0. The van der Waals surface area contributed by atoms with Gasteiger partial charge in [0.25, 0.3) is 5.91 Å². The summed E-state index contributed by atoms with van der Waals surface area (Å²) in [5, 5.41) is 14.7. The number of hydrogen-bond acceptors (Lipinski definition) is 3. The minimum absolute atomic E-state index is 0.0139. The number of carbonyl (C=O) groups excluding carboxylic acids is 1. The SMILES string of the molecule is O=C(NCC1C2CN(Cc3ccccc3)CC12)C(O)(c1ccccc1)C1CCCC1. The maximum absolute atomic E-state index is 13.2. The van der Waals surface area contributed by atoms with Gasteiger partial charge in [-0.15, -0.1) is 0 Å². The molecule has 0 bridgehead atoms. The fourth-order valence-corrected chi connectivity index (χ4v) is 5.94. The van der Waals surface area contributed by atoms with E-state index in [1.54, 1.807) is 0 Å². The van der Waals surface area contributed by atoms with Gasteiger partial charge < -0.3 is 10.4 Å². The molecule has 3 aliphatic rings. The molecule has 3 fully saturated rings. The zero-order valence-corrected chi connectivity index (χ0v) is 17.5. The van der Waals surface area contributed by atoms with E-state index in [0.29, 0.717) is 24.3 Å². The van der Waals surface area contributed by atoms with E-state index in [2.05, 4.69) is 40.5 Å². The first-order valence-electron chi connectivity index (χ1n) is 11.5. The minimum atomic E-state index is -1.40. The van der Waals surface area contributed by atoms with Crippen LogP contribution in [0.25, 0.3) is 0 Å². The van der Waals surface area contributed by atoms with E-state index in [1.165, 1.54) is 5.56 Å². The summed E-state index contributed by atoms with van der Waals surface area (Å²) in [6, 6.07) is 20.2. The Morgan fingerprint density at radius 3 is 2.20 bits per heavy atom. The van der Waals surface area contributed by atoms with Crippen LogP contribution in [0.2, 0.25) is 0 Å². The number of benzene rings is 2. The van der Waals surface area contributed by atoms with Crippen LogP contribution in [-0.4, -0.2) is 35.5 Å². The highest BCUT2D eigenvalue weighted by Gasteiger charge is 2.55. The van der Waals surface area contributed by atoms with Gasteiger partial charge in [-0.05, 0) is 41.7 Å². The van der Waals surface area contributed by atoms with Crippen molar-refractivity contribution in [2.45, 2.75) is 37.8 Å². The number of likely N-dealkylation sites (tertiary alicyclic amines) is 1. The van der Waals surface area contributed by atoms with Gasteiger partial charge in [0.05, 0.1) is 0 Å². The van der Waals surface area contributed by atoms with Gasteiger partial charge in [-0.25, -0.2) is 0 Å². The molecule has 1 aliphatic heterocycles. The summed E-state index contributed by atoms with van der Waals surface area (Å²) in [5.41, 5.74) is 0.703. The second-order valence-corrected chi connectivity index (χ2v) is 9.50. The Morgan fingerprint density at radius 1 is 0.967 bits per heavy atom. The molecule has 2 aliphatic carbocycles. The van der Waals surface area contributed by atoms with E-state index >= 15 is 0 Å². The van der Waals surface area contributed by atoms with Crippen molar-refractivity contribution in [1.82, 2.24) is 10.2 Å². The van der Waals surface area contributed by atoms with Crippen LogP contribution < -0.4 is 5.32 Å². The predicted molar refractivity (Wildman–Crippen MR) is 117 cm³/mol. The third kappa shape index (κ3) is 3.67. The van der Waals surface area contributed by atoms with Crippen LogP contribution >= 0.6 is 0 Å². The van der Waals surface area contributed by atoms with Crippen molar-refractivity contribution >= 4 is 5.91 Å². The molecule has 3 unspecified atom stereocenters. The van der Waals surface area contributed by atoms with Crippen LogP contribution in [-0.2, 0) is 16.9 Å². The molecule has 158 valence electrons. The molecule has 3 atom stereocenters. The first kappa shape index (κ1) is 19.8. The van der Waals surface area contributed by atoms with Gasteiger partial charge in [-0.1, -0.05) is 73.5 Å². The Bertz CT molecular complexity index is 853. The Hall–Kier alpha value is -2.17. The zero-order chi connectivity index (χ0) is 20.6. The molecular formula is C26H32N2O2. The summed E-state index contributed by atoms with van der Waals surface area (Å²) in [5.74, 6) is 1.74. The molecule has 2 saturated carbocycles. The monoisotopic (exact) mass is 404 g/mol. The van der Waals surface area contributed by atoms with Crippen LogP contribution in [0.5, 0.6) is 0 Å². The van der Waals surface area contributed by atoms with Gasteiger partial charge >= 0.3 is 0 Å². The van der Waals surface area contributed by atoms with Gasteiger partial charge in [0, 0.05) is 32.1 Å². The smallest absolute Gasteiger partial charge is 0.256 e. The molecule has 1 saturated heterocycles. The predicted octanol–water partition coefficient (Wildman–Crippen LogP) is 3.56.